The summed E-state index contributed by atoms with van der Waals surface area (Å²) in [5, 5.41) is 18.6. The number of hydrogen-bond acceptors (Lipinski definition) is 3. The van der Waals surface area contributed by atoms with Gasteiger partial charge >= 0.3 is 0 Å². The Hall–Kier alpha value is -2.02. The quantitative estimate of drug-likeness (QED) is 0.938. The first kappa shape index (κ1) is 14.4. The second-order valence-corrected chi connectivity index (χ2v) is 5.02. The maximum Gasteiger partial charge on any atom is 0.0991 e. The van der Waals surface area contributed by atoms with Crippen molar-refractivity contribution >= 4 is 17.3 Å². The van der Waals surface area contributed by atoms with E-state index < -0.39 is 0 Å². The summed E-state index contributed by atoms with van der Waals surface area (Å²) in [7, 11) is 1.94. The summed E-state index contributed by atoms with van der Waals surface area (Å²) >= 11 is 6.22. The van der Waals surface area contributed by atoms with Crippen molar-refractivity contribution in [3.63, 3.8) is 0 Å². The van der Waals surface area contributed by atoms with Crippen molar-refractivity contribution < 1.29 is 5.11 Å². The van der Waals surface area contributed by atoms with Gasteiger partial charge in [-0.25, -0.2) is 0 Å². The average molecular weight is 287 g/mol. The molecule has 0 aliphatic carbocycles. The third-order valence-electron chi connectivity index (χ3n) is 3.08. The Morgan fingerprint density at radius 1 is 1.20 bits per heavy atom. The van der Waals surface area contributed by atoms with Gasteiger partial charge in [-0.15, -0.1) is 0 Å². The first-order valence-corrected chi connectivity index (χ1v) is 6.61. The van der Waals surface area contributed by atoms with Crippen LogP contribution in [-0.2, 0) is 13.2 Å². The first-order chi connectivity index (χ1) is 9.63. The molecule has 3 nitrogen and oxygen atoms in total. The van der Waals surface area contributed by atoms with E-state index in [2.05, 4.69) is 6.07 Å². The van der Waals surface area contributed by atoms with Crippen LogP contribution in [0.1, 0.15) is 16.7 Å². The highest BCUT2D eigenvalue weighted by molar-refractivity contribution is 6.33. The van der Waals surface area contributed by atoms with Crippen LogP contribution in [0.25, 0.3) is 0 Å². The molecule has 2 rings (SSSR count). The van der Waals surface area contributed by atoms with Crippen LogP contribution < -0.4 is 4.90 Å². The molecule has 0 fully saturated rings. The SMILES string of the molecule is CN(Cc1cccc(C#N)c1)c1ccc(CO)cc1Cl. The molecule has 2 aromatic rings. The number of halogens is 1. The van der Waals surface area contributed by atoms with E-state index in [0.717, 1.165) is 16.8 Å². The topological polar surface area (TPSA) is 47.3 Å². The third-order valence-corrected chi connectivity index (χ3v) is 3.38. The second kappa shape index (κ2) is 6.42. The Labute approximate surface area is 123 Å². The molecular formula is C16H15ClN2O. The fraction of sp³-hybridized carbons (Fsp3) is 0.188. The van der Waals surface area contributed by atoms with Crippen molar-refractivity contribution in [3.05, 3.63) is 64.2 Å². The normalized spacial score (nSPS) is 10.1. The molecule has 0 bridgehead atoms. The van der Waals surface area contributed by atoms with Crippen molar-refractivity contribution in [2.24, 2.45) is 0 Å². The van der Waals surface area contributed by atoms with Crippen LogP contribution in [0.3, 0.4) is 0 Å². The van der Waals surface area contributed by atoms with Gasteiger partial charge in [0.2, 0.25) is 0 Å². The fourth-order valence-electron chi connectivity index (χ4n) is 2.06. The molecule has 0 radical (unpaired) electrons. The predicted molar refractivity (Wildman–Crippen MR) is 80.6 cm³/mol. The summed E-state index contributed by atoms with van der Waals surface area (Å²) in [6, 6.07) is 15.1. The Morgan fingerprint density at radius 3 is 2.65 bits per heavy atom. The van der Waals surface area contributed by atoms with Crippen LogP contribution in [0.5, 0.6) is 0 Å². The third kappa shape index (κ3) is 3.30. The van der Waals surface area contributed by atoms with Crippen molar-refractivity contribution in [1.29, 1.82) is 5.26 Å². The van der Waals surface area contributed by atoms with Gasteiger partial charge in [0.05, 0.1) is 28.9 Å². The maximum absolute atomic E-state index is 9.08. The van der Waals surface area contributed by atoms with Crippen LogP contribution >= 0.6 is 11.6 Å². The molecule has 0 amide bonds. The van der Waals surface area contributed by atoms with Crippen LogP contribution in [0.15, 0.2) is 42.5 Å². The Bertz CT molecular complexity index is 649. The van der Waals surface area contributed by atoms with E-state index in [0.29, 0.717) is 17.1 Å². The molecule has 1 N–H and O–H groups in total. The molecule has 0 aliphatic heterocycles. The number of nitrogens with zero attached hydrogens (tertiary/aromatic N) is 2. The number of anilines is 1. The van der Waals surface area contributed by atoms with Gasteiger partial charge in [0.15, 0.2) is 0 Å². The molecule has 0 aliphatic rings. The highest BCUT2D eigenvalue weighted by Gasteiger charge is 2.08. The minimum Gasteiger partial charge on any atom is -0.392 e. The number of aliphatic hydroxyl groups is 1. The average Bonchev–Trinajstić information content (AvgIpc) is 2.47. The van der Waals surface area contributed by atoms with Crippen LogP contribution in [0, 0.1) is 11.3 Å². The molecular weight excluding hydrogens is 272 g/mol. The lowest BCUT2D eigenvalue weighted by atomic mass is 10.1. The summed E-state index contributed by atoms with van der Waals surface area (Å²) in [6.07, 6.45) is 0. The minimum atomic E-state index is -0.0199. The van der Waals surface area contributed by atoms with Crippen LogP contribution in [0.4, 0.5) is 5.69 Å². The lowest BCUT2D eigenvalue weighted by Crippen LogP contribution is -2.16. The van der Waals surface area contributed by atoms with E-state index >= 15 is 0 Å². The molecule has 0 saturated heterocycles. The zero-order valence-corrected chi connectivity index (χ0v) is 11.9. The standard InChI is InChI=1S/C16H15ClN2O/c1-19(10-13-4-2-3-12(7-13)9-18)16-6-5-14(11-20)8-15(16)17/h2-8,20H,10-11H2,1H3. The van der Waals surface area contributed by atoms with Gasteiger partial charge in [0, 0.05) is 13.6 Å². The van der Waals surface area contributed by atoms with Gasteiger partial charge in [-0.1, -0.05) is 29.8 Å². The maximum atomic E-state index is 9.08. The Morgan fingerprint density at radius 2 is 2.00 bits per heavy atom. The van der Waals surface area contributed by atoms with E-state index in [1.807, 2.05) is 42.3 Å². The second-order valence-electron chi connectivity index (χ2n) is 4.61. The predicted octanol–water partition coefficient (Wildman–Crippen LogP) is 3.34. The highest BCUT2D eigenvalue weighted by Crippen LogP contribution is 2.27. The van der Waals surface area contributed by atoms with E-state index in [9.17, 15) is 0 Å². The number of hydrogen-bond donors (Lipinski definition) is 1. The van der Waals surface area contributed by atoms with Crippen molar-refractivity contribution in [3.8, 4) is 6.07 Å². The number of nitriles is 1. The Kier molecular flexibility index (Phi) is 4.62. The van der Waals surface area contributed by atoms with Crippen molar-refractivity contribution in [2.45, 2.75) is 13.2 Å². The summed E-state index contributed by atoms with van der Waals surface area (Å²) in [4.78, 5) is 2.01. The first-order valence-electron chi connectivity index (χ1n) is 6.23. The van der Waals surface area contributed by atoms with Gasteiger partial charge in [0.25, 0.3) is 0 Å². The van der Waals surface area contributed by atoms with E-state index in [-0.39, 0.29) is 6.61 Å². The number of aliphatic hydroxyl groups excluding tert-OH is 1. The molecule has 0 atom stereocenters. The largest absolute Gasteiger partial charge is 0.392 e. The van der Waals surface area contributed by atoms with Gasteiger partial charge in [-0.05, 0) is 35.4 Å². The molecule has 20 heavy (non-hydrogen) atoms. The lowest BCUT2D eigenvalue weighted by Gasteiger charge is -2.21. The molecule has 0 heterocycles. The fourth-order valence-corrected chi connectivity index (χ4v) is 2.40. The monoisotopic (exact) mass is 286 g/mol. The summed E-state index contributed by atoms with van der Waals surface area (Å²) in [6.45, 7) is 0.641. The zero-order valence-electron chi connectivity index (χ0n) is 11.2. The Balaban J connectivity index is 2.19. The van der Waals surface area contributed by atoms with E-state index in [1.54, 1.807) is 12.1 Å². The molecule has 4 heteroatoms. The summed E-state index contributed by atoms with van der Waals surface area (Å²) in [5.74, 6) is 0. The lowest BCUT2D eigenvalue weighted by molar-refractivity contribution is 0.282. The van der Waals surface area contributed by atoms with Crippen molar-refractivity contribution in [2.75, 3.05) is 11.9 Å². The molecule has 2 aromatic carbocycles. The zero-order chi connectivity index (χ0) is 14.5. The van der Waals surface area contributed by atoms with E-state index in [1.165, 1.54) is 0 Å². The van der Waals surface area contributed by atoms with Gasteiger partial charge in [-0.2, -0.15) is 5.26 Å². The number of rotatable bonds is 4. The molecule has 102 valence electrons. The molecule has 0 unspecified atom stereocenters. The summed E-state index contributed by atoms with van der Waals surface area (Å²) in [5.41, 5.74) is 3.39. The van der Waals surface area contributed by atoms with Gasteiger partial charge in [0.1, 0.15) is 0 Å². The van der Waals surface area contributed by atoms with E-state index in [4.69, 9.17) is 22.0 Å². The number of benzene rings is 2. The van der Waals surface area contributed by atoms with Crippen LogP contribution in [0.2, 0.25) is 5.02 Å². The molecule has 0 spiro atoms. The smallest absolute Gasteiger partial charge is 0.0991 e. The molecule has 0 saturated carbocycles. The molecule has 0 aromatic heterocycles. The summed E-state index contributed by atoms with van der Waals surface area (Å²) < 4.78 is 0. The highest BCUT2D eigenvalue weighted by atomic mass is 35.5. The van der Waals surface area contributed by atoms with Gasteiger partial charge in [-0.3, -0.25) is 0 Å². The van der Waals surface area contributed by atoms with Crippen LogP contribution in [-0.4, -0.2) is 12.2 Å². The van der Waals surface area contributed by atoms with Gasteiger partial charge < -0.3 is 10.0 Å². The minimum absolute atomic E-state index is 0.0199. The van der Waals surface area contributed by atoms with Crippen molar-refractivity contribution in [1.82, 2.24) is 0 Å².